The van der Waals surface area contributed by atoms with Gasteiger partial charge in [0, 0.05) is 0 Å². The first-order valence-corrected chi connectivity index (χ1v) is 14.3. The standard InChI is InChI=1S/C33H27BrN2O4S/c1-3-39-29-20-24(19-28(34)30(29)40-21-23-12-10-11-22(2)17-23)18-27-31(37)35(25-13-6-4-7-14-25)33(41)36(32(27)38)26-15-8-5-9-16-26/h4-20H,3,21H2,1-2H3. The van der Waals surface area contributed by atoms with Gasteiger partial charge >= 0.3 is 0 Å². The Hall–Kier alpha value is -4.27. The van der Waals surface area contributed by atoms with Gasteiger partial charge in [-0.2, -0.15) is 0 Å². The molecule has 0 N–H and O–H groups in total. The number of carbonyl (C=O) groups excluding carboxylic acids is 2. The van der Waals surface area contributed by atoms with Crippen molar-refractivity contribution in [2.75, 3.05) is 16.4 Å². The average Bonchev–Trinajstić information content (AvgIpc) is 2.96. The molecule has 8 heteroatoms. The Morgan fingerprint density at radius 1 is 0.805 bits per heavy atom. The Labute approximate surface area is 252 Å². The second-order valence-corrected chi connectivity index (χ2v) is 10.6. The van der Waals surface area contributed by atoms with Crippen LogP contribution in [0.3, 0.4) is 0 Å². The number of thiocarbonyl (C=S) groups is 1. The minimum atomic E-state index is -0.507. The first-order chi connectivity index (χ1) is 19.9. The number of amides is 2. The summed E-state index contributed by atoms with van der Waals surface area (Å²) in [6.45, 7) is 4.68. The molecule has 5 rings (SSSR count). The number of hydrogen-bond donors (Lipinski definition) is 0. The maximum Gasteiger partial charge on any atom is 0.270 e. The molecule has 0 radical (unpaired) electrons. The largest absolute Gasteiger partial charge is 0.490 e. The van der Waals surface area contributed by atoms with Gasteiger partial charge in [-0.05, 0) is 95.6 Å². The van der Waals surface area contributed by atoms with E-state index in [4.69, 9.17) is 21.7 Å². The van der Waals surface area contributed by atoms with Gasteiger partial charge in [0.05, 0.1) is 22.5 Å². The average molecular weight is 628 g/mol. The molecule has 4 aromatic carbocycles. The number of halogens is 1. The van der Waals surface area contributed by atoms with Gasteiger partial charge in [0.1, 0.15) is 12.2 Å². The molecular weight excluding hydrogens is 600 g/mol. The maximum atomic E-state index is 13.8. The first kappa shape index (κ1) is 28.3. The van der Waals surface area contributed by atoms with Crippen molar-refractivity contribution in [2.24, 2.45) is 0 Å². The Kier molecular flexibility index (Phi) is 8.61. The summed E-state index contributed by atoms with van der Waals surface area (Å²) < 4.78 is 12.7. The van der Waals surface area contributed by atoms with Gasteiger partial charge in [-0.25, -0.2) is 0 Å². The molecule has 0 bridgehead atoms. The summed E-state index contributed by atoms with van der Waals surface area (Å²) in [4.78, 5) is 30.4. The third kappa shape index (κ3) is 6.09. The smallest absolute Gasteiger partial charge is 0.270 e. The Bertz CT molecular complexity index is 1580. The maximum absolute atomic E-state index is 13.8. The van der Waals surface area contributed by atoms with Crippen LogP contribution in [0.15, 0.2) is 107 Å². The molecule has 206 valence electrons. The van der Waals surface area contributed by atoms with E-state index in [9.17, 15) is 9.59 Å². The third-order valence-electron chi connectivity index (χ3n) is 6.39. The molecule has 1 saturated heterocycles. The van der Waals surface area contributed by atoms with Crippen LogP contribution in [-0.4, -0.2) is 23.5 Å². The van der Waals surface area contributed by atoms with Gasteiger partial charge in [-0.3, -0.25) is 19.4 Å². The van der Waals surface area contributed by atoms with Crippen molar-refractivity contribution in [1.29, 1.82) is 0 Å². The SMILES string of the molecule is CCOc1cc(C=C2C(=O)N(c3ccccc3)C(=S)N(c3ccccc3)C2=O)cc(Br)c1OCc1cccc(C)c1. The van der Waals surface area contributed by atoms with E-state index < -0.39 is 11.8 Å². The summed E-state index contributed by atoms with van der Waals surface area (Å²) in [6.07, 6.45) is 1.57. The molecular formula is C33H27BrN2O4S. The van der Waals surface area contributed by atoms with Crippen LogP contribution in [-0.2, 0) is 16.2 Å². The van der Waals surface area contributed by atoms with Crippen LogP contribution in [0.5, 0.6) is 11.5 Å². The molecule has 6 nitrogen and oxygen atoms in total. The highest BCUT2D eigenvalue weighted by Gasteiger charge is 2.41. The highest BCUT2D eigenvalue weighted by atomic mass is 79.9. The zero-order valence-corrected chi connectivity index (χ0v) is 24.9. The number of aryl methyl sites for hydroxylation is 1. The molecule has 1 fully saturated rings. The summed E-state index contributed by atoms with van der Waals surface area (Å²) in [5.74, 6) is 0.0155. The molecule has 1 aliphatic rings. The molecule has 0 unspecified atom stereocenters. The monoisotopic (exact) mass is 626 g/mol. The predicted molar refractivity (Wildman–Crippen MR) is 169 cm³/mol. The van der Waals surface area contributed by atoms with Crippen molar-refractivity contribution in [3.8, 4) is 11.5 Å². The Morgan fingerprint density at radius 2 is 1.41 bits per heavy atom. The van der Waals surface area contributed by atoms with Crippen molar-refractivity contribution in [3.63, 3.8) is 0 Å². The van der Waals surface area contributed by atoms with Crippen molar-refractivity contribution in [1.82, 2.24) is 0 Å². The lowest BCUT2D eigenvalue weighted by Gasteiger charge is -2.36. The van der Waals surface area contributed by atoms with E-state index in [1.165, 1.54) is 9.80 Å². The lowest BCUT2D eigenvalue weighted by atomic mass is 10.0. The fourth-order valence-electron chi connectivity index (χ4n) is 4.54. The molecule has 2 amide bonds. The van der Waals surface area contributed by atoms with Gasteiger partial charge in [0.2, 0.25) is 0 Å². The van der Waals surface area contributed by atoms with Gasteiger partial charge in [-0.15, -0.1) is 0 Å². The Balaban J connectivity index is 1.55. The fourth-order valence-corrected chi connectivity index (χ4v) is 5.49. The molecule has 0 aliphatic carbocycles. The molecule has 0 aromatic heterocycles. The van der Waals surface area contributed by atoms with E-state index in [-0.39, 0.29) is 10.7 Å². The third-order valence-corrected chi connectivity index (χ3v) is 7.34. The number of rotatable bonds is 8. The van der Waals surface area contributed by atoms with Crippen molar-refractivity contribution in [2.45, 2.75) is 20.5 Å². The van der Waals surface area contributed by atoms with Gasteiger partial charge < -0.3 is 9.47 Å². The highest BCUT2D eigenvalue weighted by molar-refractivity contribution is 9.10. The van der Waals surface area contributed by atoms with Crippen LogP contribution in [0.2, 0.25) is 0 Å². The lowest BCUT2D eigenvalue weighted by Crippen LogP contribution is -2.56. The summed E-state index contributed by atoms with van der Waals surface area (Å²) in [5, 5.41) is 0.0885. The number of nitrogens with zero attached hydrogens (tertiary/aromatic N) is 2. The fraction of sp³-hybridized carbons (Fsp3) is 0.121. The van der Waals surface area contributed by atoms with Crippen LogP contribution in [0, 0.1) is 6.92 Å². The van der Waals surface area contributed by atoms with Gasteiger partial charge in [0.25, 0.3) is 11.8 Å². The lowest BCUT2D eigenvalue weighted by molar-refractivity contribution is -0.120. The normalized spacial score (nSPS) is 13.4. The quantitative estimate of drug-likeness (QED) is 0.115. The number of hydrogen-bond acceptors (Lipinski definition) is 5. The Morgan fingerprint density at radius 3 is 1.98 bits per heavy atom. The number of para-hydroxylation sites is 2. The number of ether oxygens (including phenoxy) is 2. The molecule has 4 aromatic rings. The molecule has 1 aliphatic heterocycles. The van der Waals surface area contributed by atoms with Crippen LogP contribution in [0.4, 0.5) is 11.4 Å². The minimum absolute atomic E-state index is 0.0333. The number of anilines is 2. The van der Waals surface area contributed by atoms with E-state index in [1.54, 1.807) is 42.5 Å². The summed E-state index contributed by atoms with van der Waals surface area (Å²) in [5.41, 5.74) is 3.87. The molecule has 0 atom stereocenters. The van der Waals surface area contributed by atoms with E-state index in [2.05, 4.69) is 22.0 Å². The molecule has 0 saturated carbocycles. The highest BCUT2D eigenvalue weighted by Crippen LogP contribution is 2.39. The second-order valence-electron chi connectivity index (χ2n) is 9.33. The summed E-state index contributed by atoms with van der Waals surface area (Å²) in [7, 11) is 0. The molecule has 0 spiro atoms. The minimum Gasteiger partial charge on any atom is -0.490 e. The van der Waals surface area contributed by atoms with Crippen molar-refractivity contribution < 1.29 is 19.1 Å². The molecule has 41 heavy (non-hydrogen) atoms. The number of carbonyl (C=O) groups is 2. The summed E-state index contributed by atoms with van der Waals surface area (Å²) in [6, 6.07) is 29.8. The van der Waals surface area contributed by atoms with Crippen LogP contribution >= 0.6 is 28.1 Å². The number of benzene rings is 4. The predicted octanol–water partition coefficient (Wildman–Crippen LogP) is 7.48. The zero-order valence-electron chi connectivity index (χ0n) is 22.5. The van der Waals surface area contributed by atoms with E-state index in [0.717, 1.165) is 11.1 Å². The van der Waals surface area contributed by atoms with Crippen LogP contribution < -0.4 is 19.3 Å². The van der Waals surface area contributed by atoms with E-state index >= 15 is 0 Å². The van der Waals surface area contributed by atoms with Crippen molar-refractivity contribution >= 4 is 62.5 Å². The van der Waals surface area contributed by atoms with E-state index in [1.807, 2.05) is 68.4 Å². The van der Waals surface area contributed by atoms with Crippen molar-refractivity contribution in [3.05, 3.63) is 124 Å². The topological polar surface area (TPSA) is 59.1 Å². The van der Waals surface area contributed by atoms with Gasteiger partial charge in [-0.1, -0.05) is 66.2 Å². The van der Waals surface area contributed by atoms with Crippen LogP contribution in [0.25, 0.3) is 6.08 Å². The molecule has 1 heterocycles. The van der Waals surface area contributed by atoms with E-state index in [0.29, 0.717) is 46.1 Å². The second kappa shape index (κ2) is 12.5. The van der Waals surface area contributed by atoms with Gasteiger partial charge in [0.15, 0.2) is 16.6 Å². The zero-order chi connectivity index (χ0) is 28.9. The first-order valence-electron chi connectivity index (χ1n) is 13.1. The van der Waals surface area contributed by atoms with Crippen LogP contribution in [0.1, 0.15) is 23.6 Å². The summed E-state index contributed by atoms with van der Waals surface area (Å²) >= 11 is 9.31.